The van der Waals surface area contributed by atoms with Gasteiger partial charge in [0.15, 0.2) is 0 Å². The van der Waals surface area contributed by atoms with Gasteiger partial charge in [0.05, 0.1) is 45.6 Å². The number of halogens is 5. The molecule has 2 unspecified atom stereocenters. The van der Waals surface area contributed by atoms with Crippen LogP contribution in [0.5, 0.6) is 0 Å². The SMILES string of the molecule is C[N+](C)(CCC(CO)N(CCCS(=O)(=O)O)S(=O)(=O)C(F)(F)C(F)(F)F)CC(O)CO. The van der Waals surface area contributed by atoms with E-state index in [2.05, 4.69) is 0 Å². The fraction of sp³-hybridized carbons (Fsp3) is 1.00. The van der Waals surface area contributed by atoms with Crippen molar-refractivity contribution >= 4 is 20.1 Å². The summed E-state index contributed by atoms with van der Waals surface area (Å²) in [6, 6.07) is -1.79. The van der Waals surface area contributed by atoms with Gasteiger partial charge in [0.2, 0.25) is 0 Å². The van der Waals surface area contributed by atoms with Gasteiger partial charge < -0.3 is 19.8 Å². The highest BCUT2D eigenvalue weighted by Crippen LogP contribution is 2.42. The number of likely N-dealkylation sites (N-methyl/N-ethyl adjacent to an activating group) is 1. The second kappa shape index (κ2) is 11.0. The standard InChI is InChI=1S/C14H27F5N2O8S2/c1-21(2,8-12(24)10-23)6-4-11(9-22)20(5-3-7-30(25,26)27)31(28,29)14(18,19)13(15,16)17/h11-12,22-24H,3-10H2,1-2H3/p+1. The number of aliphatic hydroxyl groups excluding tert-OH is 3. The van der Waals surface area contributed by atoms with E-state index in [1.807, 2.05) is 0 Å². The van der Waals surface area contributed by atoms with Gasteiger partial charge in [-0.05, 0) is 6.42 Å². The first kappa shape index (κ1) is 30.3. The molecule has 31 heavy (non-hydrogen) atoms. The van der Waals surface area contributed by atoms with Gasteiger partial charge in [-0.3, -0.25) is 4.55 Å². The zero-order chi connectivity index (χ0) is 24.9. The van der Waals surface area contributed by atoms with E-state index in [0.29, 0.717) is 0 Å². The van der Waals surface area contributed by atoms with Crippen LogP contribution in [0.1, 0.15) is 12.8 Å². The Morgan fingerprint density at radius 2 is 1.52 bits per heavy atom. The van der Waals surface area contributed by atoms with Crippen LogP contribution in [0.3, 0.4) is 0 Å². The van der Waals surface area contributed by atoms with Crippen molar-refractivity contribution in [2.75, 3.05) is 52.7 Å². The van der Waals surface area contributed by atoms with Crippen LogP contribution in [0.15, 0.2) is 0 Å². The quantitative estimate of drug-likeness (QED) is 0.135. The molecule has 188 valence electrons. The Bertz CT molecular complexity index is 774. The average molecular weight is 512 g/mol. The summed E-state index contributed by atoms with van der Waals surface area (Å²) >= 11 is 0. The third-order valence-corrected chi connectivity index (χ3v) is 7.13. The second-order valence-electron chi connectivity index (χ2n) is 7.57. The van der Waals surface area contributed by atoms with Crippen LogP contribution in [-0.2, 0) is 20.1 Å². The topological polar surface area (TPSA) is 152 Å². The summed E-state index contributed by atoms with van der Waals surface area (Å²) in [5.41, 5.74) is 0. The molecule has 0 aliphatic rings. The summed E-state index contributed by atoms with van der Waals surface area (Å²) in [4.78, 5) is 0. The van der Waals surface area contributed by atoms with Crippen molar-refractivity contribution < 1.29 is 63.1 Å². The maximum Gasteiger partial charge on any atom is 0.470 e. The summed E-state index contributed by atoms with van der Waals surface area (Å²) in [5.74, 6) is -1.11. The normalized spacial score (nSPS) is 16.5. The molecule has 0 bridgehead atoms. The molecular weight excluding hydrogens is 483 g/mol. The van der Waals surface area contributed by atoms with E-state index in [1.165, 1.54) is 14.1 Å². The van der Waals surface area contributed by atoms with Crippen LogP contribution in [0, 0.1) is 0 Å². The molecule has 0 aromatic carbocycles. The molecule has 2 atom stereocenters. The van der Waals surface area contributed by atoms with Crippen LogP contribution >= 0.6 is 0 Å². The summed E-state index contributed by atoms with van der Waals surface area (Å²) in [6.07, 6.45) is -8.93. The number of quaternary nitrogens is 1. The molecule has 0 heterocycles. The van der Waals surface area contributed by atoms with Crippen molar-refractivity contribution in [1.82, 2.24) is 4.31 Å². The molecule has 0 aliphatic heterocycles. The third-order valence-electron chi connectivity index (χ3n) is 4.34. The minimum absolute atomic E-state index is 0.0805. The Hall–Kier alpha value is -0.690. The van der Waals surface area contributed by atoms with Crippen LogP contribution in [0.25, 0.3) is 0 Å². The Labute approximate surface area is 177 Å². The fourth-order valence-corrected chi connectivity index (χ4v) is 4.75. The maximum atomic E-state index is 13.7. The number of alkyl halides is 5. The first-order valence-electron chi connectivity index (χ1n) is 8.84. The van der Waals surface area contributed by atoms with E-state index in [9.17, 15) is 49.0 Å². The third kappa shape index (κ3) is 8.99. The highest BCUT2D eigenvalue weighted by atomic mass is 32.2. The molecule has 0 amide bonds. The van der Waals surface area contributed by atoms with E-state index in [4.69, 9.17) is 9.66 Å². The Kier molecular flexibility index (Phi) is 10.7. The first-order valence-corrected chi connectivity index (χ1v) is 11.9. The highest BCUT2D eigenvalue weighted by Gasteiger charge is 2.69. The van der Waals surface area contributed by atoms with Gasteiger partial charge in [0, 0.05) is 13.0 Å². The van der Waals surface area contributed by atoms with Crippen molar-refractivity contribution in [2.24, 2.45) is 0 Å². The molecule has 0 aromatic heterocycles. The van der Waals surface area contributed by atoms with E-state index >= 15 is 0 Å². The number of sulfonamides is 1. The predicted octanol–water partition coefficient (Wildman–Crippen LogP) is -0.768. The van der Waals surface area contributed by atoms with Crippen LogP contribution in [-0.4, -0.2) is 122 Å². The second-order valence-corrected chi connectivity index (χ2v) is 11.1. The average Bonchev–Trinajstić information content (AvgIpc) is 2.57. The summed E-state index contributed by atoms with van der Waals surface area (Å²) in [7, 11) is -8.11. The molecule has 10 nitrogen and oxygen atoms in total. The highest BCUT2D eigenvalue weighted by molar-refractivity contribution is 7.90. The van der Waals surface area contributed by atoms with Crippen LogP contribution < -0.4 is 0 Å². The Morgan fingerprint density at radius 1 is 1.00 bits per heavy atom. The number of hydrogen-bond acceptors (Lipinski definition) is 7. The first-order chi connectivity index (χ1) is 13.7. The van der Waals surface area contributed by atoms with Crippen molar-refractivity contribution in [1.29, 1.82) is 0 Å². The van der Waals surface area contributed by atoms with E-state index in [0.717, 1.165) is 0 Å². The lowest BCUT2D eigenvalue weighted by atomic mass is 10.2. The van der Waals surface area contributed by atoms with Gasteiger partial charge in [-0.25, -0.2) is 8.42 Å². The van der Waals surface area contributed by atoms with Crippen molar-refractivity contribution in [3.05, 3.63) is 0 Å². The van der Waals surface area contributed by atoms with Crippen LogP contribution in [0.4, 0.5) is 22.0 Å². The number of hydrogen-bond donors (Lipinski definition) is 4. The van der Waals surface area contributed by atoms with E-state index < -0.39 is 82.1 Å². The van der Waals surface area contributed by atoms with Gasteiger partial charge >= 0.3 is 11.4 Å². The lowest BCUT2D eigenvalue weighted by Crippen LogP contribution is -2.56. The molecule has 0 fully saturated rings. The number of nitrogens with zero attached hydrogens (tertiary/aromatic N) is 2. The van der Waals surface area contributed by atoms with Gasteiger partial charge in [-0.15, -0.1) is 0 Å². The Balaban J connectivity index is 5.88. The molecular formula is C14H28F5N2O8S2+. The number of rotatable bonds is 14. The van der Waals surface area contributed by atoms with Gasteiger partial charge in [-0.2, -0.15) is 34.7 Å². The number of aliphatic hydroxyl groups is 3. The Morgan fingerprint density at radius 3 is 1.90 bits per heavy atom. The van der Waals surface area contributed by atoms with Gasteiger partial charge in [0.25, 0.3) is 20.1 Å². The monoisotopic (exact) mass is 511 g/mol. The van der Waals surface area contributed by atoms with Gasteiger partial charge in [0.1, 0.15) is 12.6 Å². The van der Waals surface area contributed by atoms with Crippen molar-refractivity contribution in [3.8, 4) is 0 Å². The van der Waals surface area contributed by atoms with Crippen molar-refractivity contribution in [2.45, 2.75) is 36.4 Å². The summed E-state index contributed by atoms with van der Waals surface area (Å²) in [6.45, 7) is -3.13. The maximum absolute atomic E-state index is 13.7. The molecule has 4 N–H and O–H groups in total. The van der Waals surface area contributed by atoms with Crippen molar-refractivity contribution in [3.63, 3.8) is 0 Å². The molecule has 0 spiro atoms. The largest absolute Gasteiger partial charge is 0.470 e. The molecule has 17 heteroatoms. The van der Waals surface area contributed by atoms with Gasteiger partial charge in [-0.1, -0.05) is 0 Å². The summed E-state index contributed by atoms with van der Waals surface area (Å²) in [5, 5.41) is 21.7. The molecule has 0 radical (unpaired) electrons. The molecule has 0 saturated heterocycles. The van der Waals surface area contributed by atoms with Crippen LogP contribution in [0.2, 0.25) is 0 Å². The summed E-state index contributed by atoms with van der Waals surface area (Å²) < 4.78 is 120. The lowest BCUT2D eigenvalue weighted by molar-refractivity contribution is -0.893. The molecule has 0 saturated carbocycles. The zero-order valence-electron chi connectivity index (χ0n) is 16.8. The zero-order valence-corrected chi connectivity index (χ0v) is 18.5. The predicted molar refractivity (Wildman–Crippen MR) is 98.1 cm³/mol. The van der Waals surface area contributed by atoms with E-state index in [-0.39, 0.29) is 21.9 Å². The fourth-order valence-electron chi connectivity index (χ4n) is 2.74. The molecule has 0 rings (SSSR count). The minimum Gasteiger partial charge on any atom is -0.395 e. The molecule has 0 aliphatic carbocycles. The van der Waals surface area contributed by atoms with E-state index in [1.54, 1.807) is 0 Å². The lowest BCUT2D eigenvalue weighted by Gasteiger charge is -2.36. The smallest absolute Gasteiger partial charge is 0.395 e. The molecule has 0 aromatic rings. The minimum atomic E-state index is -6.48.